The van der Waals surface area contributed by atoms with Gasteiger partial charge in [-0.05, 0) is 17.9 Å². The second kappa shape index (κ2) is 22.2. The number of carbonyl (C=O) groups excluding carboxylic acids is 2. The number of amides is 1. The molecular formula is C26H43N3O10P2+2. The Hall–Kier alpha value is -2.40. The van der Waals surface area contributed by atoms with Gasteiger partial charge in [-0.3, -0.25) is 19.6 Å². The summed E-state index contributed by atoms with van der Waals surface area (Å²) in [7, 11) is -5.62. The Balaban J connectivity index is 2.45. The van der Waals surface area contributed by atoms with Crippen molar-refractivity contribution in [3.8, 4) is 5.75 Å². The number of hydrogen-bond acceptors (Lipinski definition) is 12. The molecule has 1 aromatic heterocycles. The van der Waals surface area contributed by atoms with Gasteiger partial charge < -0.3 is 20.3 Å². The van der Waals surface area contributed by atoms with E-state index < -0.39 is 40.8 Å². The number of aliphatic hydroxyl groups excluding tert-OH is 1. The molecule has 1 heterocycles. The van der Waals surface area contributed by atoms with E-state index in [1.54, 1.807) is 0 Å². The summed E-state index contributed by atoms with van der Waals surface area (Å²) in [6.07, 6.45) is 13.8. The number of esters is 1. The molecule has 41 heavy (non-hydrogen) atoms. The number of nitrogens with one attached hydrogen (secondary N) is 1. The maximum atomic E-state index is 12.5. The first-order chi connectivity index (χ1) is 19.7. The van der Waals surface area contributed by atoms with Crippen molar-refractivity contribution in [1.82, 2.24) is 10.3 Å². The van der Waals surface area contributed by atoms with Crippen molar-refractivity contribution in [2.75, 3.05) is 19.8 Å². The minimum atomic E-state index is -3.00. The minimum Gasteiger partial charge on any atom is -0.505 e. The minimum absolute atomic E-state index is 0.00446. The molecule has 0 radical (unpaired) electrons. The molecule has 13 nitrogen and oxygen atoms in total. The fourth-order valence-corrected chi connectivity index (χ4v) is 5.27. The molecule has 0 saturated carbocycles. The first-order valence-electron chi connectivity index (χ1n) is 13.9. The van der Waals surface area contributed by atoms with E-state index in [0.29, 0.717) is 6.61 Å². The number of rotatable bonds is 23. The Kier molecular flexibility index (Phi) is 19.9. The summed E-state index contributed by atoms with van der Waals surface area (Å²) in [5.74, 6) is -1.39. The number of aliphatic hydroxyl groups is 1. The zero-order chi connectivity index (χ0) is 30.5. The third-order valence-corrected chi connectivity index (χ3v) is 8.12. The molecule has 0 fully saturated rings. The van der Waals surface area contributed by atoms with Crippen LogP contribution in [0.4, 0.5) is 0 Å². The third kappa shape index (κ3) is 16.0. The second-order valence-corrected chi connectivity index (χ2v) is 11.7. The summed E-state index contributed by atoms with van der Waals surface area (Å²) in [6, 6.07) is -1.25. The summed E-state index contributed by atoms with van der Waals surface area (Å²) in [5, 5.41) is 30.9. The number of ether oxygens (including phenoxy) is 1. The average Bonchev–Trinajstić information content (AvgIpc) is 2.95. The van der Waals surface area contributed by atoms with Gasteiger partial charge in [-0.25, -0.2) is 5.26 Å². The topological polar surface area (TPSA) is 194 Å². The standard InChI is InChI=1S/C26H41N3O10P2/c1-3-4-5-6-7-8-9-10-11-12-15-37-24(31)13-14-27-26(33)23(18-30)29-17-22-21(16-28-20(2)25(22)32)19-40(35)39-41(36)38-34/h16-17,23,30H,3-15,18-19H2,1-2H3,(H-2,27,29,32,33,34)/p+2/t23-/m0/s1. The molecule has 0 spiro atoms. The largest absolute Gasteiger partial charge is 0.775 e. The van der Waals surface area contributed by atoms with Crippen LogP contribution in [0.3, 0.4) is 0 Å². The second-order valence-electron chi connectivity index (χ2n) is 9.43. The lowest BCUT2D eigenvalue weighted by Gasteiger charge is -2.11. The molecule has 3 atom stereocenters. The van der Waals surface area contributed by atoms with Gasteiger partial charge in [0.05, 0.1) is 30.0 Å². The maximum absolute atomic E-state index is 12.5. The predicted molar refractivity (Wildman–Crippen MR) is 153 cm³/mol. The van der Waals surface area contributed by atoms with Gasteiger partial charge in [0.1, 0.15) is 10.1 Å². The van der Waals surface area contributed by atoms with Crippen LogP contribution in [-0.2, 0) is 38.6 Å². The van der Waals surface area contributed by atoms with Crippen LogP contribution in [-0.4, -0.2) is 64.3 Å². The van der Waals surface area contributed by atoms with Crippen LogP contribution in [0.25, 0.3) is 0 Å². The van der Waals surface area contributed by atoms with Gasteiger partial charge in [0.25, 0.3) is 0 Å². The van der Waals surface area contributed by atoms with Gasteiger partial charge in [-0.2, -0.15) is 0 Å². The number of nitrogens with zero attached hydrogens (tertiary/aromatic N) is 2. The SMILES string of the molecule is CCCCCCCCCCCCOC(=O)CCNC(=O)[C@H](CO)N=Cc1c(C[P+](=O)O[P+](=O)OO)cnc(C)c1O. The van der Waals surface area contributed by atoms with E-state index in [-0.39, 0.29) is 41.7 Å². The van der Waals surface area contributed by atoms with Crippen molar-refractivity contribution >= 4 is 34.4 Å². The smallest absolute Gasteiger partial charge is 0.505 e. The highest BCUT2D eigenvalue weighted by atomic mass is 31.2. The van der Waals surface area contributed by atoms with Crippen molar-refractivity contribution in [1.29, 1.82) is 0 Å². The number of aromatic nitrogens is 1. The number of unbranched alkanes of at least 4 members (excludes halogenated alkanes) is 9. The first kappa shape index (κ1) is 36.6. The Morgan fingerprint density at radius 1 is 1.10 bits per heavy atom. The van der Waals surface area contributed by atoms with Crippen LogP contribution in [0, 0.1) is 6.92 Å². The van der Waals surface area contributed by atoms with E-state index in [4.69, 9.17) is 9.99 Å². The Morgan fingerprint density at radius 2 is 1.73 bits per heavy atom. The monoisotopic (exact) mass is 619 g/mol. The molecule has 0 saturated heterocycles. The number of carbonyl (C=O) groups is 2. The molecule has 15 heteroatoms. The Labute approximate surface area is 242 Å². The van der Waals surface area contributed by atoms with Gasteiger partial charge in [-0.1, -0.05) is 64.7 Å². The molecule has 0 aliphatic heterocycles. The van der Waals surface area contributed by atoms with Crippen LogP contribution in [0.1, 0.15) is 94.4 Å². The quantitative estimate of drug-likeness (QED) is 0.0312. The average molecular weight is 620 g/mol. The third-order valence-electron chi connectivity index (χ3n) is 6.13. The number of pyridine rings is 1. The molecule has 0 aliphatic carbocycles. The van der Waals surface area contributed by atoms with Crippen molar-refractivity contribution in [2.45, 2.75) is 96.7 Å². The number of aliphatic imine (C=N–C) groups is 1. The molecule has 0 aliphatic rings. The highest BCUT2D eigenvalue weighted by molar-refractivity contribution is 7.50. The molecular weight excluding hydrogens is 576 g/mol. The molecule has 1 amide bonds. The van der Waals surface area contributed by atoms with E-state index in [2.05, 4.69) is 31.2 Å². The summed E-state index contributed by atoms with van der Waals surface area (Å²) in [4.78, 5) is 32.4. The van der Waals surface area contributed by atoms with Crippen LogP contribution in [0.2, 0.25) is 0 Å². The molecule has 1 aromatic rings. The molecule has 2 unspecified atom stereocenters. The van der Waals surface area contributed by atoms with Gasteiger partial charge in [0, 0.05) is 34.6 Å². The van der Waals surface area contributed by atoms with E-state index in [0.717, 1.165) is 25.5 Å². The lowest BCUT2D eigenvalue weighted by molar-refractivity contribution is -0.143. The van der Waals surface area contributed by atoms with E-state index in [1.807, 2.05) is 0 Å². The molecule has 230 valence electrons. The number of aryl methyl sites for hydroxylation is 1. The fraction of sp³-hybridized carbons (Fsp3) is 0.692. The van der Waals surface area contributed by atoms with E-state index in [1.165, 1.54) is 58.1 Å². The lowest BCUT2D eigenvalue weighted by atomic mass is 10.1. The van der Waals surface area contributed by atoms with Gasteiger partial charge in [0.15, 0.2) is 6.04 Å². The normalized spacial score (nSPS) is 12.8. The molecule has 0 aromatic carbocycles. The van der Waals surface area contributed by atoms with Gasteiger partial charge in [0.2, 0.25) is 12.1 Å². The number of hydrogen-bond donors (Lipinski definition) is 4. The zero-order valence-corrected chi connectivity index (χ0v) is 25.6. The van der Waals surface area contributed by atoms with E-state index >= 15 is 0 Å². The van der Waals surface area contributed by atoms with Crippen LogP contribution in [0.15, 0.2) is 11.2 Å². The van der Waals surface area contributed by atoms with Crippen LogP contribution < -0.4 is 5.32 Å². The lowest BCUT2D eigenvalue weighted by Crippen LogP contribution is -2.37. The number of aromatic hydroxyl groups is 1. The van der Waals surface area contributed by atoms with Crippen LogP contribution in [0.5, 0.6) is 5.75 Å². The zero-order valence-electron chi connectivity index (χ0n) is 23.8. The predicted octanol–water partition coefficient (Wildman–Crippen LogP) is 5.25. The van der Waals surface area contributed by atoms with Crippen molar-refractivity contribution < 1.29 is 47.9 Å². The Morgan fingerprint density at radius 3 is 2.34 bits per heavy atom. The summed E-state index contributed by atoms with van der Waals surface area (Å²) >= 11 is 0. The van der Waals surface area contributed by atoms with Crippen molar-refractivity contribution in [2.24, 2.45) is 4.99 Å². The summed E-state index contributed by atoms with van der Waals surface area (Å²) in [5.41, 5.74) is 0.463. The maximum Gasteiger partial charge on any atom is 0.775 e. The highest BCUT2D eigenvalue weighted by Gasteiger charge is 2.38. The van der Waals surface area contributed by atoms with Crippen molar-refractivity contribution in [3.05, 3.63) is 23.0 Å². The first-order valence-corrected chi connectivity index (χ1v) is 16.4. The van der Waals surface area contributed by atoms with Crippen molar-refractivity contribution in [3.63, 3.8) is 0 Å². The summed E-state index contributed by atoms with van der Waals surface area (Å²) in [6.45, 7) is 3.40. The highest BCUT2D eigenvalue weighted by Crippen LogP contribution is 2.41. The molecule has 1 rings (SSSR count). The molecule has 0 bridgehead atoms. The summed E-state index contributed by atoms with van der Waals surface area (Å²) < 4.78 is 36.3. The fourth-order valence-electron chi connectivity index (χ4n) is 3.80. The molecule has 4 N–H and O–H groups in total. The van der Waals surface area contributed by atoms with Gasteiger partial charge >= 0.3 is 22.3 Å². The Bertz CT molecular complexity index is 1010. The van der Waals surface area contributed by atoms with E-state index in [9.17, 15) is 28.9 Å². The van der Waals surface area contributed by atoms with Crippen LogP contribution >= 0.6 is 16.3 Å². The van der Waals surface area contributed by atoms with Gasteiger partial charge in [-0.15, -0.1) is 0 Å².